The van der Waals surface area contributed by atoms with Crippen LogP contribution < -0.4 is 10.6 Å². The van der Waals surface area contributed by atoms with E-state index < -0.39 is 5.41 Å². The fraction of sp³-hybridized carbons (Fsp3) is 0.316. The van der Waals surface area contributed by atoms with Gasteiger partial charge in [0.15, 0.2) is 5.78 Å². The van der Waals surface area contributed by atoms with E-state index in [2.05, 4.69) is 0 Å². The smallest absolute Gasteiger partial charge is 0.247 e. The van der Waals surface area contributed by atoms with Crippen LogP contribution in [0, 0.1) is 17.2 Å². The number of ketones is 1. The van der Waals surface area contributed by atoms with Gasteiger partial charge in [-0.05, 0) is 12.0 Å². The fourth-order valence-electron chi connectivity index (χ4n) is 4.25. The van der Waals surface area contributed by atoms with Crippen LogP contribution in [0.5, 0.6) is 0 Å². The summed E-state index contributed by atoms with van der Waals surface area (Å²) in [4.78, 5) is 27.8. The maximum Gasteiger partial charge on any atom is 0.247 e. The van der Waals surface area contributed by atoms with Crippen molar-refractivity contribution in [2.75, 3.05) is 11.9 Å². The minimum Gasteiger partial charge on any atom is -0.444 e. The number of hydrogen-bond acceptors (Lipinski definition) is 5. The van der Waals surface area contributed by atoms with Crippen LogP contribution in [0.25, 0.3) is 0 Å². The number of carbonyl (C=O) groups is 2. The van der Waals surface area contributed by atoms with Gasteiger partial charge in [-0.15, -0.1) is 0 Å². The summed E-state index contributed by atoms with van der Waals surface area (Å²) in [5.41, 5.74) is 6.09. The third-order valence-corrected chi connectivity index (χ3v) is 5.26. The highest BCUT2D eigenvalue weighted by Gasteiger charge is 2.61. The summed E-state index contributed by atoms with van der Waals surface area (Å²) >= 11 is 0. The van der Waals surface area contributed by atoms with Gasteiger partial charge < -0.3 is 15.4 Å². The summed E-state index contributed by atoms with van der Waals surface area (Å²) in [7, 11) is 1.65. The molecule has 3 aliphatic rings. The number of nitrogens with two attached hydrogens (primary N) is 1. The van der Waals surface area contributed by atoms with Crippen LogP contribution in [-0.4, -0.2) is 18.7 Å². The molecule has 0 bridgehead atoms. The number of ether oxygens (including phenoxy) is 1. The number of Topliss-reactive ketones (excluding diaryl/α,β-unsaturated/α-hetero) is 1. The number of allylic oxidation sites excluding steroid dienone is 1. The number of nitrogens with zero attached hydrogens (tertiary/aromatic N) is 2. The number of carbonyl (C=O) groups excluding carboxylic acids is 2. The molecule has 0 aromatic heterocycles. The van der Waals surface area contributed by atoms with E-state index in [0.717, 1.165) is 0 Å². The summed E-state index contributed by atoms with van der Waals surface area (Å²) in [6.07, 6.45) is 0.836. The van der Waals surface area contributed by atoms with Crippen LogP contribution in [0.4, 0.5) is 5.69 Å². The molecule has 0 fully saturated rings. The molecule has 2 aliphatic heterocycles. The molecule has 126 valence electrons. The lowest BCUT2D eigenvalue weighted by Crippen LogP contribution is -2.48. The Hall–Kier alpha value is -3.07. The van der Waals surface area contributed by atoms with Crippen molar-refractivity contribution in [3.05, 3.63) is 52.6 Å². The molecule has 6 nitrogen and oxygen atoms in total. The van der Waals surface area contributed by atoms with E-state index >= 15 is 0 Å². The number of hydrogen-bond donors (Lipinski definition) is 1. The zero-order chi connectivity index (χ0) is 17.9. The maximum atomic E-state index is 13.4. The first kappa shape index (κ1) is 15.5. The molecule has 1 aromatic carbocycles. The molecule has 1 amide bonds. The van der Waals surface area contributed by atoms with Gasteiger partial charge in [-0.3, -0.25) is 9.59 Å². The molecule has 1 aromatic rings. The topological polar surface area (TPSA) is 96.4 Å². The number of amides is 1. The Kier molecular flexibility index (Phi) is 3.07. The van der Waals surface area contributed by atoms with E-state index in [1.165, 1.54) is 4.90 Å². The molecule has 6 heteroatoms. The van der Waals surface area contributed by atoms with E-state index in [9.17, 15) is 14.9 Å². The van der Waals surface area contributed by atoms with Gasteiger partial charge in [-0.25, -0.2) is 0 Å². The van der Waals surface area contributed by atoms with Crippen LogP contribution in [0.3, 0.4) is 0 Å². The Bertz CT molecular complexity index is 937. The van der Waals surface area contributed by atoms with E-state index in [-0.39, 0.29) is 34.6 Å². The second-order valence-corrected chi connectivity index (χ2v) is 6.82. The molecule has 0 saturated carbocycles. The number of nitriles is 1. The lowest BCUT2D eigenvalue weighted by Gasteiger charge is -2.38. The molecule has 0 saturated heterocycles. The molecule has 1 spiro atoms. The minimum atomic E-state index is -1.49. The zero-order valence-corrected chi connectivity index (χ0v) is 14.0. The molecule has 2 atom stereocenters. The van der Waals surface area contributed by atoms with E-state index in [4.69, 9.17) is 10.5 Å². The molecule has 1 aliphatic carbocycles. The van der Waals surface area contributed by atoms with Gasteiger partial charge in [-0.1, -0.05) is 25.1 Å². The molecular formula is C19H17N3O3. The van der Waals surface area contributed by atoms with Gasteiger partial charge in [0.1, 0.15) is 22.8 Å². The predicted octanol–water partition coefficient (Wildman–Crippen LogP) is 1.88. The van der Waals surface area contributed by atoms with Crippen molar-refractivity contribution < 1.29 is 14.3 Å². The summed E-state index contributed by atoms with van der Waals surface area (Å²) in [5.74, 6) is -0.0797. The number of likely N-dealkylation sites (N-methyl/N-ethyl adjacent to an activating group) is 1. The van der Waals surface area contributed by atoms with Crippen LogP contribution in [-0.2, 0) is 19.7 Å². The van der Waals surface area contributed by atoms with Crippen molar-refractivity contribution >= 4 is 17.4 Å². The molecular weight excluding hydrogens is 318 g/mol. The normalized spacial score (nSPS) is 28.0. The van der Waals surface area contributed by atoms with Crippen LogP contribution in [0.1, 0.15) is 25.3 Å². The fourth-order valence-corrected chi connectivity index (χ4v) is 4.25. The van der Waals surface area contributed by atoms with Crippen LogP contribution >= 0.6 is 0 Å². The molecule has 4 rings (SSSR count). The summed E-state index contributed by atoms with van der Waals surface area (Å²) in [5, 5.41) is 9.77. The monoisotopic (exact) mass is 335 g/mol. The number of anilines is 1. The lowest BCUT2D eigenvalue weighted by molar-refractivity contribution is -0.125. The minimum absolute atomic E-state index is 0.00375. The van der Waals surface area contributed by atoms with E-state index in [1.807, 2.05) is 19.1 Å². The van der Waals surface area contributed by atoms with Gasteiger partial charge in [0.25, 0.3) is 0 Å². The summed E-state index contributed by atoms with van der Waals surface area (Å²) in [6.45, 7) is 1.95. The zero-order valence-electron chi connectivity index (χ0n) is 14.0. The van der Waals surface area contributed by atoms with Crippen molar-refractivity contribution in [2.45, 2.75) is 25.2 Å². The molecule has 2 N–H and O–H groups in total. The Balaban J connectivity index is 2.13. The van der Waals surface area contributed by atoms with Gasteiger partial charge >= 0.3 is 0 Å². The lowest BCUT2D eigenvalue weighted by atomic mass is 9.64. The molecule has 0 unspecified atom stereocenters. The number of benzene rings is 1. The summed E-state index contributed by atoms with van der Waals surface area (Å²) in [6, 6.07) is 9.24. The number of rotatable bonds is 0. The van der Waals surface area contributed by atoms with Gasteiger partial charge in [0, 0.05) is 31.1 Å². The van der Waals surface area contributed by atoms with Crippen LogP contribution in [0.2, 0.25) is 0 Å². The number of para-hydroxylation sites is 1. The third kappa shape index (κ3) is 1.73. The van der Waals surface area contributed by atoms with Crippen molar-refractivity contribution in [1.82, 2.24) is 0 Å². The highest BCUT2D eigenvalue weighted by molar-refractivity contribution is 6.19. The van der Waals surface area contributed by atoms with E-state index in [0.29, 0.717) is 29.9 Å². The Morgan fingerprint density at radius 2 is 2.04 bits per heavy atom. The first-order valence-corrected chi connectivity index (χ1v) is 8.15. The van der Waals surface area contributed by atoms with Crippen molar-refractivity contribution in [2.24, 2.45) is 11.7 Å². The molecule has 0 radical (unpaired) electrons. The highest BCUT2D eigenvalue weighted by atomic mass is 16.5. The van der Waals surface area contributed by atoms with Crippen molar-refractivity contribution in [3.8, 4) is 6.07 Å². The number of fused-ring (bicyclic) bond motifs is 3. The highest BCUT2D eigenvalue weighted by Crippen LogP contribution is 2.55. The van der Waals surface area contributed by atoms with Gasteiger partial charge in [-0.2, -0.15) is 5.26 Å². The average Bonchev–Trinajstić information content (AvgIpc) is 2.78. The van der Waals surface area contributed by atoms with Crippen LogP contribution in [0.15, 0.2) is 47.1 Å². The first-order valence-electron chi connectivity index (χ1n) is 8.15. The Morgan fingerprint density at radius 3 is 2.76 bits per heavy atom. The van der Waals surface area contributed by atoms with Crippen molar-refractivity contribution in [3.63, 3.8) is 0 Å². The van der Waals surface area contributed by atoms with E-state index in [1.54, 1.807) is 25.2 Å². The third-order valence-electron chi connectivity index (χ3n) is 5.26. The first-order chi connectivity index (χ1) is 11.9. The maximum absolute atomic E-state index is 13.4. The molecule has 25 heavy (non-hydrogen) atoms. The van der Waals surface area contributed by atoms with Crippen molar-refractivity contribution in [1.29, 1.82) is 5.26 Å². The van der Waals surface area contributed by atoms with Gasteiger partial charge in [0.2, 0.25) is 11.8 Å². The average molecular weight is 335 g/mol. The SMILES string of the molecule is C[C@@H]1CC(=O)C2=C(C1)OC(N)=C(C#N)[C@@]21C(=O)N(C)c2ccccc21. The standard InChI is InChI=1S/C19H17N3O3/c1-10-7-14(23)16-15(8-10)25-17(21)12(9-20)19(16)11-5-3-4-6-13(11)22(2)18(19)24/h3-6,10H,7-8,21H2,1-2H3/t10-,19-/m1/s1. The second-order valence-electron chi connectivity index (χ2n) is 6.82. The predicted molar refractivity (Wildman–Crippen MR) is 89.9 cm³/mol. The Morgan fingerprint density at radius 1 is 1.32 bits per heavy atom. The second kappa shape index (κ2) is 4.96. The molecule has 2 heterocycles. The van der Waals surface area contributed by atoms with Gasteiger partial charge in [0.05, 0.1) is 5.57 Å². The largest absolute Gasteiger partial charge is 0.444 e. The quantitative estimate of drug-likeness (QED) is 0.781. The summed E-state index contributed by atoms with van der Waals surface area (Å²) < 4.78 is 5.64. The Labute approximate surface area is 145 Å².